The van der Waals surface area contributed by atoms with Gasteiger partial charge in [0.1, 0.15) is 0 Å². The molecule has 1 rings (SSSR count). The van der Waals surface area contributed by atoms with E-state index in [9.17, 15) is 8.42 Å². The van der Waals surface area contributed by atoms with E-state index in [1.165, 1.54) is 0 Å². The molecule has 1 aromatic carbocycles. The summed E-state index contributed by atoms with van der Waals surface area (Å²) in [7, 11) is -1.77. The molecule has 18 heavy (non-hydrogen) atoms. The number of nitrogens with one attached hydrogen (secondary N) is 1. The van der Waals surface area contributed by atoms with E-state index in [1.54, 1.807) is 7.11 Å². The summed E-state index contributed by atoms with van der Waals surface area (Å²) in [5.74, 6) is 0.0561. The second-order valence-electron chi connectivity index (χ2n) is 4.21. The third kappa shape index (κ3) is 4.59. The summed E-state index contributed by atoms with van der Waals surface area (Å²) < 4.78 is 32.0. The number of hydrogen-bond donors (Lipinski definition) is 1. The van der Waals surface area contributed by atoms with Gasteiger partial charge in [0.2, 0.25) is 10.0 Å². The highest BCUT2D eigenvalue weighted by atomic mass is 79.9. The summed E-state index contributed by atoms with van der Waals surface area (Å²) in [5.41, 5.74) is 2.59. The number of aryl methyl sites for hydroxylation is 2. The van der Waals surface area contributed by atoms with E-state index in [2.05, 4.69) is 20.7 Å². The van der Waals surface area contributed by atoms with Crippen LogP contribution in [0.2, 0.25) is 0 Å². The Balaban J connectivity index is 2.84. The zero-order valence-corrected chi connectivity index (χ0v) is 13.2. The van der Waals surface area contributed by atoms with Gasteiger partial charge >= 0.3 is 0 Å². The summed E-state index contributed by atoms with van der Waals surface area (Å²) >= 11 is 3.38. The molecule has 0 atom stereocenters. The van der Waals surface area contributed by atoms with Gasteiger partial charge in [-0.15, -0.1) is 0 Å². The number of benzene rings is 1. The summed E-state index contributed by atoms with van der Waals surface area (Å²) in [5, 5.41) is 0. The van der Waals surface area contributed by atoms with E-state index in [0.717, 1.165) is 15.6 Å². The van der Waals surface area contributed by atoms with Gasteiger partial charge in [-0.2, -0.15) is 0 Å². The van der Waals surface area contributed by atoms with Gasteiger partial charge in [-0.3, -0.25) is 4.72 Å². The Kier molecular flexibility index (Phi) is 5.62. The van der Waals surface area contributed by atoms with E-state index in [1.807, 2.05) is 26.0 Å². The summed E-state index contributed by atoms with van der Waals surface area (Å²) in [4.78, 5) is 0. The Bertz CT molecular complexity index is 491. The predicted octanol–water partition coefficient (Wildman–Crippen LogP) is 2.84. The number of anilines is 1. The lowest BCUT2D eigenvalue weighted by atomic mass is 10.1. The van der Waals surface area contributed by atoms with Gasteiger partial charge in [-0.05, 0) is 53.4 Å². The monoisotopic (exact) mass is 335 g/mol. The lowest BCUT2D eigenvalue weighted by Crippen LogP contribution is -2.18. The molecule has 1 N–H and O–H groups in total. The smallest absolute Gasteiger partial charge is 0.232 e. The van der Waals surface area contributed by atoms with Crippen LogP contribution in [-0.2, 0) is 14.8 Å². The molecule has 0 aliphatic carbocycles. The van der Waals surface area contributed by atoms with E-state index < -0.39 is 10.0 Å². The summed E-state index contributed by atoms with van der Waals surface area (Å²) in [6.45, 7) is 4.29. The normalized spacial score (nSPS) is 11.6. The van der Waals surface area contributed by atoms with Gasteiger partial charge in [0.15, 0.2) is 0 Å². The van der Waals surface area contributed by atoms with Crippen LogP contribution in [0.5, 0.6) is 0 Å². The van der Waals surface area contributed by atoms with Crippen molar-refractivity contribution in [2.24, 2.45) is 0 Å². The molecule has 0 amide bonds. The van der Waals surface area contributed by atoms with E-state index in [0.29, 0.717) is 18.7 Å². The lowest BCUT2D eigenvalue weighted by Gasteiger charge is -2.13. The van der Waals surface area contributed by atoms with E-state index >= 15 is 0 Å². The van der Waals surface area contributed by atoms with Crippen LogP contribution in [0.1, 0.15) is 17.5 Å². The fraction of sp³-hybridized carbons (Fsp3) is 0.500. The largest absolute Gasteiger partial charge is 0.385 e. The molecule has 1 aromatic rings. The minimum Gasteiger partial charge on any atom is -0.385 e. The molecule has 0 saturated carbocycles. The highest BCUT2D eigenvalue weighted by Crippen LogP contribution is 2.28. The molecular formula is C12H18BrNO3S. The third-order valence-corrected chi connectivity index (χ3v) is 4.42. The van der Waals surface area contributed by atoms with Crippen molar-refractivity contribution in [1.82, 2.24) is 0 Å². The number of halogens is 1. The molecule has 6 heteroatoms. The van der Waals surface area contributed by atoms with Gasteiger partial charge in [0, 0.05) is 18.2 Å². The highest BCUT2D eigenvalue weighted by molar-refractivity contribution is 9.10. The average molecular weight is 336 g/mol. The maximum atomic E-state index is 11.9. The van der Waals surface area contributed by atoms with Crippen molar-refractivity contribution in [3.05, 3.63) is 27.7 Å². The van der Waals surface area contributed by atoms with Crippen molar-refractivity contribution in [2.45, 2.75) is 20.3 Å². The topological polar surface area (TPSA) is 55.4 Å². The fourth-order valence-corrected chi connectivity index (χ4v) is 3.73. The second-order valence-corrected chi connectivity index (χ2v) is 6.90. The molecule has 0 heterocycles. The van der Waals surface area contributed by atoms with Crippen LogP contribution >= 0.6 is 15.9 Å². The van der Waals surface area contributed by atoms with Gasteiger partial charge in [0.25, 0.3) is 0 Å². The molecule has 0 radical (unpaired) electrons. The zero-order chi connectivity index (χ0) is 13.8. The van der Waals surface area contributed by atoms with Gasteiger partial charge in [-0.25, -0.2) is 8.42 Å². The van der Waals surface area contributed by atoms with Gasteiger partial charge in [0.05, 0.1) is 11.4 Å². The Hall–Kier alpha value is -0.590. The van der Waals surface area contributed by atoms with Crippen molar-refractivity contribution in [1.29, 1.82) is 0 Å². The molecule has 0 aromatic heterocycles. The average Bonchev–Trinajstić information content (AvgIpc) is 2.23. The quantitative estimate of drug-likeness (QED) is 0.813. The molecular weight excluding hydrogens is 318 g/mol. The Morgan fingerprint density at radius 2 is 2.00 bits per heavy atom. The first-order chi connectivity index (χ1) is 8.35. The Morgan fingerprint density at radius 3 is 2.56 bits per heavy atom. The van der Waals surface area contributed by atoms with Crippen LogP contribution < -0.4 is 4.72 Å². The maximum Gasteiger partial charge on any atom is 0.232 e. The van der Waals surface area contributed by atoms with Crippen LogP contribution in [0.4, 0.5) is 5.69 Å². The number of sulfonamides is 1. The molecule has 0 fully saturated rings. The predicted molar refractivity (Wildman–Crippen MR) is 77.5 cm³/mol. The molecule has 4 nitrogen and oxygen atoms in total. The van der Waals surface area contributed by atoms with Crippen molar-refractivity contribution in [2.75, 3.05) is 24.2 Å². The number of hydrogen-bond acceptors (Lipinski definition) is 3. The van der Waals surface area contributed by atoms with Gasteiger partial charge in [-0.1, -0.05) is 6.07 Å². The van der Waals surface area contributed by atoms with Crippen molar-refractivity contribution in [3.63, 3.8) is 0 Å². The minimum absolute atomic E-state index is 0.0561. The highest BCUT2D eigenvalue weighted by Gasteiger charge is 2.14. The van der Waals surface area contributed by atoms with Gasteiger partial charge < -0.3 is 4.74 Å². The van der Waals surface area contributed by atoms with Crippen LogP contribution in [0.25, 0.3) is 0 Å². The van der Waals surface area contributed by atoms with Crippen LogP contribution in [0.3, 0.4) is 0 Å². The first-order valence-electron chi connectivity index (χ1n) is 5.62. The van der Waals surface area contributed by atoms with Crippen molar-refractivity contribution < 1.29 is 13.2 Å². The number of methoxy groups -OCH3 is 1. The second kappa shape index (κ2) is 6.54. The third-order valence-electron chi connectivity index (χ3n) is 2.45. The summed E-state index contributed by atoms with van der Waals surface area (Å²) in [6.07, 6.45) is 0.481. The fourth-order valence-electron chi connectivity index (χ4n) is 1.64. The maximum absolute atomic E-state index is 11.9. The van der Waals surface area contributed by atoms with Crippen LogP contribution in [0, 0.1) is 13.8 Å². The lowest BCUT2D eigenvalue weighted by molar-refractivity contribution is 0.199. The van der Waals surface area contributed by atoms with Crippen LogP contribution in [-0.4, -0.2) is 27.9 Å². The first kappa shape index (κ1) is 15.5. The van der Waals surface area contributed by atoms with Crippen molar-refractivity contribution >= 4 is 31.6 Å². The van der Waals surface area contributed by atoms with E-state index in [4.69, 9.17) is 4.74 Å². The summed E-state index contributed by atoms with van der Waals surface area (Å²) in [6, 6.07) is 3.83. The number of ether oxygens (including phenoxy) is 1. The molecule has 0 bridgehead atoms. The standard InChI is InChI=1S/C12H18BrNO3S/c1-9-7-10(2)12(11(13)8-9)14-18(15,16)6-4-5-17-3/h7-8,14H,4-6H2,1-3H3. The number of rotatable bonds is 6. The minimum atomic E-state index is -3.32. The molecule has 0 spiro atoms. The van der Waals surface area contributed by atoms with Crippen LogP contribution in [0.15, 0.2) is 16.6 Å². The molecule has 0 aliphatic heterocycles. The van der Waals surface area contributed by atoms with Crippen molar-refractivity contribution in [3.8, 4) is 0 Å². The SMILES string of the molecule is COCCCS(=O)(=O)Nc1c(C)cc(C)cc1Br. The zero-order valence-electron chi connectivity index (χ0n) is 10.8. The molecule has 0 unspecified atom stereocenters. The molecule has 0 aliphatic rings. The molecule has 102 valence electrons. The molecule has 0 saturated heterocycles. The first-order valence-corrected chi connectivity index (χ1v) is 8.06. The Labute approximate surface area is 117 Å². The Morgan fingerprint density at radius 1 is 1.33 bits per heavy atom. The van der Waals surface area contributed by atoms with E-state index in [-0.39, 0.29) is 5.75 Å².